The van der Waals surface area contributed by atoms with Crippen LogP contribution in [0.2, 0.25) is 0 Å². The van der Waals surface area contributed by atoms with Crippen molar-refractivity contribution in [3.8, 4) is 0 Å². The zero-order chi connectivity index (χ0) is 11.0. The number of fused-ring (bicyclic) bond motifs is 1. The summed E-state index contributed by atoms with van der Waals surface area (Å²) in [7, 11) is 0. The van der Waals surface area contributed by atoms with E-state index in [0.717, 1.165) is 11.8 Å². The first-order valence-corrected chi connectivity index (χ1v) is 7.05. The predicted octanol–water partition coefficient (Wildman–Crippen LogP) is 3.76. The van der Waals surface area contributed by atoms with Gasteiger partial charge in [0.2, 0.25) is 0 Å². The number of hydrogen-bond donors (Lipinski definition) is 0. The zero-order valence-corrected chi connectivity index (χ0v) is 10.3. The minimum Gasteiger partial charge on any atom is -0.392 e. The maximum Gasteiger partial charge on any atom is 0.135 e. The van der Waals surface area contributed by atoms with Gasteiger partial charge < -0.3 is 4.84 Å². The first-order valence-electron chi connectivity index (χ1n) is 7.05. The fourth-order valence-electron chi connectivity index (χ4n) is 3.79. The van der Waals surface area contributed by atoms with Crippen LogP contribution >= 0.6 is 0 Å². The minimum atomic E-state index is 0.439. The number of nitrogens with zero attached hydrogens (tertiary/aromatic N) is 1. The van der Waals surface area contributed by atoms with E-state index in [2.05, 4.69) is 12.1 Å². The van der Waals surface area contributed by atoms with E-state index in [-0.39, 0.29) is 0 Å². The van der Waals surface area contributed by atoms with Gasteiger partial charge in [0.15, 0.2) is 0 Å². The van der Waals surface area contributed by atoms with Crippen molar-refractivity contribution >= 4 is 5.71 Å². The average Bonchev–Trinajstić information content (AvgIpc) is 2.81. The number of oxime groups is 1. The summed E-state index contributed by atoms with van der Waals surface area (Å²) in [5.41, 5.74) is 1.40. The Hall–Kier alpha value is -0.530. The fraction of sp³-hybridized carbons (Fsp3) is 0.929. The lowest BCUT2D eigenvalue weighted by molar-refractivity contribution is 0.0721. The van der Waals surface area contributed by atoms with Crippen molar-refractivity contribution in [1.29, 1.82) is 0 Å². The van der Waals surface area contributed by atoms with E-state index in [1.54, 1.807) is 0 Å². The van der Waals surface area contributed by atoms with Crippen molar-refractivity contribution in [2.75, 3.05) is 0 Å². The molecule has 1 heterocycles. The van der Waals surface area contributed by atoms with Crippen LogP contribution in [0.1, 0.15) is 58.3 Å². The van der Waals surface area contributed by atoms with Crippen LogP contribution in [0.3, 0.4) is 0 Å². The van der Waals surface area contributed by atoms with Crippen LogP contribution in [0.15, 0.2) is 5.16 Å². The Morgan fingerprint density at radius 1 is 1.19 bits per heavy atom. The van der Waals surface area contributed by atoms with E-state index in [0.29, 0.717) is 12.0 Å². The van der Waals surface area contributed by atoms with Crippen LogP contribution in [0.25, 0.3) is 0 Å². The van der Waals surface area contributed by atoms with Gasteiger partial charge in [0.25, 0.3) is 0 Å². The van der Waals surface area contributed by atoms with Crippen LogP contribution in [0.5, 0.6) is 0 Å². The molecule has 0 saturated heterocycles. The second-order valence-electron chi connectivity index (χ2n) is 6.12. The van der Waals surface area contributed by atoms with E-state index in [4.69, 9.17) is 4.84 Å². The summed E-state index contributed by atoms with van der Waals surface area (Å²) < 4.78 is 0. The topological polar surface area (TPSA) is 21.6 Å². The number of rotatable bonds is 2. The highest BCUT2D eigenvalue weighted by molar-refractivity contribution is 5.88. The smallest absolute Gasteiger partial charge is 0.135 e. The standard InChI is InChI=1S/C14H23NO/c1-10-7-12-13(15-16-14(12)8-10)9-11-5-3-2-4-6-11/h10-12,14H,2-9H2,1H3. The molecule has 16 heavy (non-hydrogen) atoms. The van der Waals surface area contributed by atoms with Gasteiger partial charge in [-0.25, -0.2) is 0 Å². The van der Waals surface area contributed by atoms with Crippen molar-refractivity contribution in [3.63, 3.8) is 0 Å². The van der Waals surface area contributed by atoms with Crippen LogP contribution in [-0.4, -0.2) is 11.8 Å². The van der Waals surface area contributed by atoms with E-state index in [1.165, 1.54) is 57.1 Å². The zero-order valence-electron chi connectivity index (χ0n) is 10.3. The molecular weight excluding hydrogens is 198 g/mol. The molecular formula is C14H23NO. The molecule has 3 aliphatic rings. The summed E-state index contributed by atoms with van der Waals surface area (Å²) >= 11 is 0. The predicted molar refractivity (Wildman–Crippen MR) is 65.4 cm³/mol. The summed E-state index contributed by atoms with van der Waals surface area (Å²) in [5.74, 6) is 2.43. The van der Waals surface area contributed by atoms with Crippen molar-refractivity contribution in [3.05, 3.63) is 0 Å². The Labute approximate surface area is 98.4 Å². The summed E-state index contributed by atoms with van der Waals surface area (Å²) in [6.45, 7) is 2.35. The van der Waals surface area contributed by atoms with Crippen molar-refractivity contribution in [1.82, 2.24) is 0 Å². The SMILES string of the molecule is CC1CC2ON=C(CC3CCCCC3)C2C1. The van der Waals surface area contributed by atoms with Gasteiger partial charge in [-0.2, -0.15) is 0 Å². The van der Waals surface area contributed by atoms with E-state index in [9.17, 15) is 0 Å². The third kappa shape index (κ3) is 1.99. The molecule has 0 aromatic carbocycles. The molecule has 0 aromatic heterocycles. The Balaban J connectivity index is 1.58. The quantitative estimate of drug-likeness (QED) is 0.695. The highest BCUT2D eigenvalue weighted by Gasteiger charge is 2.41. The Morgan fingerprint density at radius 3 is 2.81 bits per heavy atom. The van der Waals surface area contributed by atoms with Crippen molar-refractivity contribution in [2.45, 2.75) is 64.4 Å². The molecule has 2 heteroatoms. The molecule has 2 saturated carbocycles. The molecule has 0 radical (unpaired) electrons. The van der Waals surface area contributed by atoms with E-state index < -0.39 is 0 Å². The van der Waals surface area contributed by atoms with Crippen LogP contribution in [-0.2, 0) is 4.84 Å². The molecule has 0 N–H and O–H groups in total. The maximum absolute atomic E-state index is 5.59. The van der Waals surface area contributed by atoms with Gasteiger partial charge in [0.05, 0.1) is 5.71 Å². The lowest BCUT2D eigenvalue weighted by atomic mass is 9.82. The number of hydrogen-bond acceptors (Lipinski definition) is 2. The molecule has 0 spiro atoms. The molecule has 1 aliphatic heterocycles. The molecule has 3 atom stereocenters. The summed E-state index contributed by atoms with van der Waals surface area (Å²) in [4.78, 5) is 5.59. The lowest BCUT2D eigenvalue weighted by Crippen LogP contribution is -2.20. The summed E-state index contributed by atoms with van der Waals surface area (Å²) in [6.07, 6.45) is 11.4. The molecule has 3 unspecified atom stereocenters. The van der Waals surface area contributed by atoms with E-state index >= 15 is 0 Å². The summed E-state index contributed by atoms with van der Waals surface area (Å²) in [5, 5.41) is 4.37. The Kier molecular flexibility index (Phi) is 2.91. The second-order valence-corrected chi connectivity index (χ2v) is 6.12. The van der Waals surface area contributed by atoms with Gasteiger partial charge in [-0.05, 0) is 31.1 Å². The van der Waals surface area contributed by atoms with Gasteiger partial charge in [-0.15, -0.1) is 0 Å². The molecule has 2 nitrogen and oxygen atoms in total. The largest absolute Gasteiger partial charge is 0.392 e. The van der Waals surface area contributed by atoms with Gasteiger partial charge in [-0.1, -0.05) is 44.2 Å². The van der Waals surface area contributed by atoms with Crippen molar-refractivity contribution < 1.29 is 4.84 Å². The van der Waals surface area contributed by atoms with Crippen molar-refractivity contribution in [2.24, 2.45) is 22.9 Å². The van der Waals surface area contributed by atoms with Crippen LogP contribution < -0.4 is 0 Å². The maximum atomic E-state index is 5.59. The first kappa shape index (κ1) is 10.6. The molecule has 2 fully saturated rings. The normalized spacial score (nSPS) is 39.3. The molecule has 3 rings (SSSR count). The third-order valence-corrected chi connectivity index (χ3v) is 4.70. The molecule has 0 aromatic rings. The minimum absolute atomic E-state index is 0.439. The van der Waals surface area contributed by atoms with E-state index in [1.807, 2.05) is 0 Å². The van der Waals surface area contributed by atoms with Gasteiger partial charge >= 0.3 is 0 Å². The van der Waals surface area contributed by atoms with Gasteiger partial charge in [0, 0.05) is 5.92 Å². The monoisotopic (exact) mass is 221 g/mol. The molecule has 0 bridgehead atoms. The molecule has 0 amide bonds. The Morgan fingerprint density at radius 2 is 2.00 bits per heavy atom. The third-order valence-electron chi connectivity index (χ3n) is 4.70. The fourth-order valence-corrected chi connectivity index (χ4v) is 3.79. The van der Waals surface area contributed by atoms with Gasteiger partial charge in [-0.3, -0.25) is 0 Å². The van der Waals surface area contributed by atoms with Gasteiger partial charge in [0.1, 0.15) is 6.10 Å². The molecule has 90 valence electrons. The average molecular weight is 221 g/mol. The summed E-state index contributed by atoms with van der Waals surface area (Å²) in [6, 6.07) is 0. The Bertz CT molecular complexity index is 280. The highest BCUT2D eigenvalue weighted by atomic mass is 16.6. The lowest BCUT2D eigenvalue weighted by Gasteiger charge is -2.22. The highest BCUT2D eigenvalue weighted by Crippen LogP contribution is 2.40. The van der Waals surface area contributed by atoms with Crippen LogP contribution in [0, 0.1) is 17.8 Å². The molecule has 2 aliphatic carbocycles. The second kappa shape index (κ2) is 4.38. The first-order chi connectivity index (χ1) is 7.83. The van der Waals surface area contributed by atoms with Crippen LogP contribution in [0.4, 0.5) is 0 Å².